The van der Waals surface area contributed by atoms with Crippen molar-refractivity contribution in [3.63, 3.8) is 0 Å². The molecule has 2 N–H and O–H groups in total. The van der Waals surface area contributed by atoms with Gasteiger partial charge in [-0.25, -0.2) is 13.1 Å². The van der Waals surface area contributed by atoms with Crippen molar-refractivity contribution >= 4 is 15.7 Å². The molecule has 21 heavy (non-hydrogen) atoms. The zero-order chi connectivity index (χ0) is 15.7. The normalized spacial score (nSPS) is 25.5. The summed E-state index contributed by atoms with van der Waals surface area (Å²) in [6.45, 7) is 6.91. The van der Waals surface area contributed by atoms with Gasteiger partial charge in [0.2, 0.25) is 10.0 Å². The molecule has 2 atom stereocenters. The number of rotatable bonds is 4. The molecule has 1 aliphatic rings. The topological polar surface area (TPSA) is 58.2 Å². The molecule has 118 valence electrons. The molecule has 0 aromatic heterocycles. The maximum absolute atomic E-state index is 11.9. The lowest BCUT2D eigenvalue weighted by Gasteiger charge is -2.40. The number of benzene rings is 1. The molecule has 0 bridgehead atoms. The van der Waals surface area contributed by atoms with Gasteiger partial charge < -0.3 is 5.32 Å². The monoisotopic (exact) mass is 310 g/mol. The van der Waals surface area contributed by atoms with Crippen LogP contribution in [0.3, 0.4) is 0 Å². The van der Waals surface area contributed by atoms with E-state index in [1.165, 1.54) is 19.9 Å². The van der Waals surface area contributed by atoms with E-state index in [4.69, 9.17) is 0 Å². The summed E-state index contributed by atoms with van der Waals surface area (Å²) >= 11 is 0. The number of anilines is 1. The van der Waals surface area contributed by atoms with Crippen LogP contribution < -0.4 is 10.0 Å². The molecule has 2 rings (SSSR count). The zero-order valence-electron chi connectivity index (χ0n) is 13.3. The van der Waals surface area contributed by atoms with Gasteiger partial charge in [-0.2, -0.15) is 0 Å². The van der Waals surface area contributed by atoms with Crippen molar-refractivity contribution in [1.82, 2.24) is 4.72 Å². The van der Waals surface area contributed by atoms with Crippen LogP contribution in [0.1, 0.15) is 40.0 Å². The van der Waals surface area contributed by atoms with Crippen LogP contribution in [0.4, 0.5) is 5.69 Å². The number of nitrogens with one attached hydrogen (secondary N) is 2. The van der Waals surface area contributed by atoms with Gasteiger partial charge in [0, 0.05) is 11.7 Å². The highest BCUT2D eigenvalue weighted by Crippen LogP contribution is 2.39. The lowest BCUT2D eigenvalue weighted by molar-refractivity contribution is 0.177. The Hall–Kier alpha value is -1.07. The second-order valence-corrected chi connectivity index (χ2v) is 8.76. The Morgan fingerprint density at radius 1 is 1.29 bits per heavy atom. The number of sulfonamides is 1. The van der Waals surface area contributed by atoms with Crippen molar-refractivity contribution < 1.29 is 8.42 Å². The van der Waals surface area contributed by atoms with Gasteiger partial charge in [-0.05, 0) is 55.8 Å². The molecule has 2 unspecified atom stereocenters. The molecular formula is C16H26N2O2S. The van der Waals surface area contributed by atoms with Crippen LogP contribution in [0.2, 0.25) is 0 Å². The summed E-state index contributed by atoms with van der Waals surface area (Å²) in [4.78, 5) is 0.304. The van der Waals surface area contributed by atoms with E-state index < -0.39 is 10.0 Å². The minimum absolute atomic E-state index is 0.304. The highest BCUT2D eigenvalue weighted by molar-refractivity contribution is 7.89. The molecule has 1 aliphatic carbocycles. The fraction of sp³-hybridized carbons (Fsp3) is 0.625. The molecule has 0 aliphatic heterocycles. The second kappa shape index (κ2) is 5.97. The first-order valence-electron chi connectivity index (χ1n) is 7.54. The summed E-state index contributed by atoms with van der Waals surface area (Å²) < 4.78 is 26.1. The van der Waals surface area contributed by atoms with Crippen LogP contribution >= 0.6 is 0 Å². The molecule has 4 nitrogen and oxygen atoms in total. The van der Waals surface area contributed by atoms with Crippen molar-refractivity contribution in [2.24, 2.45) is 11.3 Å². The fourth-order valence-electron chi connectivity index (χ4n) is 3.25. The van der Waals surface area contributed by atoms with Crippen molar-refractivity contribution in [2.45, 2.75) is 51.0 Å². The Morgan fingerprint density at radius 3 is 2.62 bits per heavy atom. The summed E-state index contributed by atoms with van der Waals surface area (Å²) in [7, 11) is -1.95. The zero-order valence-corrected chi connectivity index (χ0v) is 14.1. The van der Waals surface area contributed by atoms with Crippen LogP contribution in [0.15, 0.2) is 29.2 Å². The van der Waals surface area contributed by atoms with E-state index in [0.29, 0.717) is 22.3 Å². The van der Waals surface area contributed by atoms with Crippen LogP contribution in [0, 0.1) is 11.3 Å². The third-order valence-corrected chi connectivity index (χ3v) is 5.87. The lowest BCUT2D eigenvalue weighted by atomic mass is 9.70. The SMILES string of the molecule is CNS(=O)(=O)c1cccc(NC2CCC(C)(C)CC2C)c1. The van der Waals surface area contributed by atoms with E-state index in [-0.39, 0.29) is 0 Å². The summed E-state index contributed by atoms with van der Waals surface area (Å²) in [6.07, 6.45) is 3.51. The Bertz CT molecular complexity index is 596. The van der Waals surface area contributed by atoms with Crippen LogP contribution in [0.5, 0.6) is 0 Å². The molecular weight excluding hydrogens is 284 g/mol. The van der Waals surface area contributed by atoms with Gasteiger partial charge in [0.15, 0.2) is 0 Å². The standard InChI is InChI=1S/C16H26N2O2S/c1-12-11-16(2,3)9-8-15(12)18-13-6-5-7-14(10-13)21(19,20)17-4/h5-7,10,12,15,17-18H,8-9,11H2,1-4H3. The quantitative estimate of drug-likeness (QED) is 0.897. The fourth-order valence-corrected chi connectivity index (χ4v) is 4.02. The Labute approximate surface area is 128 Å². The van der Waals surface area contributed by atoms with Gasteiger partial charge in [0.05, 0.1) is 4.90 Å². The molecule has 1 fully saturated rings. The molecule has 0 amide bonds. The first kappa shape index (κ1) is 16.3. The Morgan fingerprint density at radius 2 is 2.00 bits per heavy atom. The van der Waals surface area contributed by atoms with E-state index in [0.717, 1.165) is 12.1 Å². The van der Waals surface area contributed by atoms with Crippen molar-refractivity contribution in [3.05, 3.63) is 24.3 Å². The first-order chi connectivity index (χ1) is 9.73. The minimum atomic E-state index is -3.38. The maximum Gasteiger partial charge on any atom is 0.240 e. The minimum Gasteiger partial charge on any atom is -0.382 e. The maximum atomic E-state index is 11.9. The van der Waals surface area contributed by atoms with Crippen molar-refractivity contribution in [2.75, 3.05) is 12.4 Å². The average Bonchev–Trinajstić information content (AvgIpc) is 2.42. The van der Waals surface area contributed by atoms with Crippen molar-refractivity contribution in [1.29, 1.82) is 0 Å². The third-order valence-electron chi connectivity index (χ3n) is 4.46. The molecule has 1 aromatic carbocycles. The lowest BCUT2D eigenvalue weighted by Crippen LogP contribution is -2.36. The van der Waals surface area contributed by atoms with Gasteiger partial charge in [-0.3, -0.25) is 0 Å². The van der Waals surface area contributed by atoms with Gasteiger partial charge in [0.1, 0.15) is 0 Å². The van der Waals surface area contributed by atoms with Gasteiger partial charge in [-0.15, -0.1) is 0 Å². The average molecular weight is 310 g/mol. The predicted octanol–water partition coefficient (Wildman–Crippen LogP) is 3.22. The molecule has 1 saturated carbocycles. The molecule has 0 spiro atoms. The molecule has 0 radical (unpaired) electrons. The Kier molecular flexibility index (Phi) is 4.63. The third kappa shape index (κ3) is 3.98. The highest BCUT2D eigenvalue weighted by Gasteiger charge is 2.32. The second-order valence-electron chi connectivity index (χ2n) is 6.87. The molecule has 0 heterocycles. The van der Waals surface area contributed by atoms with Gasteiger partial charge in [-0.1, -0.05) is 26.8 Å². The summed E-state index contributed by atoms with van der Waals surface area (Å²) in [5.74, 6) is 0.582. The van der Waals surface area contributed by atoms with Gasteiger partial charge >= 0.3 is 0 Å². The molecule has 1 aromatic rings. The number of hydrogen-bond donors (Lipinski definition) is 2. The van der Waals surface area contributed by atoms with E-state index in [1.54, 1.807) is 18.2 Å². The molecule has 0 saturated heterocycles. The highest BCUT2D eigenvalue weighted by atomic mass is 32.2. The van der Waals surface area contributed by atoms with Crippen molar-refractivity contribution in [3.8, 4) is 0 Å². The van der Waals surface area contributed by atoms with E-state index in [1.807, 2.05) is 6.07 Å². The smallest absolute Gasteiger partial charge is 0.240 e. The van der Waals surface area contributed by atoms with Crippen LogP contribution in [0.25, 0.3) is 0 Å². The molecule has 5 heteroatoms. The van der Waals surface area contributed by atoms with E-state index in [2.05, 4.69) is 30.8 Å². The predicted molar refractivity (Wildman–Crippen MR) is 86.9 cm³/mol. The van der Waals surface area contributed by atoms with Gasteiger partial charge in [0.25, 0.3) is 0 Å². The van der Waals surface area contributed by atoms with Crippen LogP contribution in [-0.4, -0.2) is 21.5 Å². The largest absolute Gasteiger partial charge is 0.382 e. The van der Waals surface area contributed by atoms with E-state index >= 15 is 0 Å². The van der Waals surface area contributed by atoms with Crippen LogP contribution in [-0.2, 0) is 10.0 Å². The summed E-state index contributed by atoms with van der Waals surface area (Å²) in [6, 6.07) is 7.44. The Balaban J connectivity index is 2.12. The van der Waals surface area contributed by atoms with E-state index in [9.17, 15) is 8.42 Å². The summed E-state index contributed by atoms with van der Waals surface area (Å²) in [5.41, 5.74) is 1.29. The number of hydrogen-bond acceptors (Lipinski definition) is 3. The first-order valence-corrected chi connectivity index (χ1v) is 9.02. The summed E-state index contributed by atoms with van der Waals surface area (Å²) in [5, 5.41) is 3.51.